The zero-order valence-electron chi connectivity index (χ0n) is 13.4. The number of imidazole rings is 1. The van der Waals surface area contributed by atoms with Crippen molar-refractivity contribution in [2.24, 2.45) is 0 Å². The number of nitrogens with zero attached hydrogens (tertiary/aromatic N) is 2. The summed E-state index contributed by atoms with van der Waals surface area (Å²) < 4.78 is 1.97. The summed E-state index contributed by atoms with van der Waals surface area (Å²) >= 11 is 0. The average molecular weight is 296 g/mol. The Balaban J connectivity index is 2.31. The van der Waals surface area contributed by atoms with Crippen molar-refractivity contribution >= 4 is 11.6 Å². The lowest BCUT2D eigenvalue weighted by Gasteiger charge is -2.32. The lowest BCUT2D eigenvalue weighted by atomic mass is 9.88. The van der Waals surface area contributed by atoms with Gasteiger partial charge >= 0.3 is 0 Å². The Hall–Kier alpha value is -2.23. The smallest absolute Gasteiger partial charge is 0.214 e. The minimum atomic E-state index is -0.215. The standard InChI is InChI=1S/C18H20N2O2/c1-5-18(4,6-2)20-11(3)19-14-15(20)17(22)13-10-8-7-9-12(13)16(14)21/h7-10H,5-6H2,1-4H3. The van der Waals surface area contributed by atoms with Crippen LogP contribution in [0.2, 0.25) is 0 Å². The van der Waals surface area contributed by atoms with Gasteiger partial charge in [0.1, 0.15) is 17.2 Å². The Morgan fingerprint density at radius 3 is 2.14 bits per heavy atom. The molecule has 1 aliphatic carbocycles. The molecule has 1 heterocycles. The number of carbonyl (C=O) groups excluding carboxylic acids is 2. The second-order valence-electron chi connectivity index (χ2n) is 6.10. The molecule has 22 heavy (non-hydrogen) atoms. The van der Waals surface area contributed by atoms with Crippen molar-refractivity contribution in [2.45, 2.75) is 46.1 Å². The molecular weight excluding hydrogens is 276 g/mol. The first-order valence-electron chi connectivity index (χ1n) is 7.72. The molecule has 0 atom stereocenters. The van der Waals surface area contributed by atoms with Gasteiger partial charge in [-0.05, 0) is 26.7 Å². The fourth-order valence-corrected chi connectivity index (χ4v) is 3.26. The molecule has 2 aromatic rings. The van der Waals surface area contributed by atoms with Crippen LogP contribution in [0, 0.1) is 6.92 Å². The molecule has 1 aliphatic rings. The predicted octanol–water partition coefficient (Wildman–Crippen LogP) is 3.50. The summed E-state index contributed by atoms with van der Waals surface area (Å²) in [5.74, 6) is 0.478. The number of hydrogen-bond acceptors (Lipinski definition) is 3. The lowest BCUT2D eigenvalue weighted by molar-refractivity contribution is 0.0964. The number of aryl methyl sites for hydroxylation is 1. The van der Waals surface area contributed by atoms with E-state index in [4.69, 9.17) is 0 Å². The molecule has 3 rings (SSSR count). The average Bonchev–Trinajstić information content (AvgIpc) is 2.90. The van der Waals surface area contributed by atoms with Gasteiger partial charge in [-0.15, -0.1) is 0 Å². The molecule has 0 radical (unpaired) electrons. The van der Waals surface area contributed by atoms with E-state index in [2.05, 4.69) is 25.8 Å². The van der Waals surface area contributed by atoms with Crippen molar-refractivity contribution in [3.8, 4) is 0 Å². The molecule has 4 heteroatoms. The number of fused-ring (bicyclic) bond motifs is 2. The van der Waals surface area contributed by atoms with Gasteiger partial charge in [0.25, 0.3) is 0 Å². The van der Waals surface area contributed by atoms with E-state index in [-0.39, 0.29) is 17.1 Å². The minimum absolute atomic E-state index is 0.0982. The highest BCUT2D eigenvalue weighted by molar-refractivity contribution is 6.27. The predicted molar refractivity (Wildman–Crippen MR) is 84.5 cm³/mol. The number of aromatic nitrogens is 2. The lowest BCUT2D eigenvalue weighted by Crippen LogP contribution is -2.34. The molecule has 114 valence electrons. The Morgan fingerprint density at radius 2 is 1.59 bits per heavy atom. The Bertz CT molecular complexity index is 782. The Labute approximate surface area is 130 Å². The zero-order valence-corrected chi connectivity index (χ0v) is 13.4. The van der Waals surface area contributed by atoms with Crippen LogP contribution < -0.4 is 0 Å². The van der Waals surface area contributed by atoms with Gasteiger partial charge in [0.2, 0.25) is 11.6 Å². The maximum absolute atomic E-state index is 13.0. The van der Waals surface area contributed by atoms with Gasteiger partial charge in [0.05, 0.1) is 0 Å². The quantitative estimate of drug-likeness (QED) is 0.743. The van der Waals surface area contributed by atoms with E-state index in [1.165, 1.54) is 0 Å². The number of rotatable bonds is 3. The summed E-state index contributed by atoms with van der Waals surface area (Å²) in [6.07, 6.45) is 1.74. The van der Waals surface area contributed by atoms with Crippen LogP contribution in [0.3, 0.4) is 0 Å². The second kappa shape index (κ2) is 4.90. The fraction of sp³-hybridized carbons (Fsp3) is 0.389. The molecule has 1 aromatic heterocycles. The maximum atomic E-state index is 13.0. The molecule has 0 saturated carbocycles. The summed E-state index contributed by atoms with van der Waals surface area (Å²) in [7, 11) is 0. The highest BCUT2D eigenvalue weighted by Gasteiger charge is 2.38. The molecule has 0 N–H and O–H groups in total. The monoisotopic (exact) mass is 296 g/mol. The topological polar surface area (TPSA) is 52.0 Å². The molecule has 0 aliphatic heterocycles. The number of carbonyl (C=O) groups is 2. The van der Waals surface area contributed by atoms with E-state index in [1.807, 2.05) is 11.5 Å². The molecule has 0 bridgehead atoms. The van der Waals surface area contributed by atoms with E-state index < -0.39 is 0 Å². The van der Waals surface area contributed by atoms with Crippen LogP contribution in [-0.4, -0.2) is 21.1 Å². The van der Waals surface area contributed by atoms with Crippen LogP contribution in [0.25, 0.3) is 0 Å². The van der Waals surface area contributed by atoms with Crippen molar-refractivity contribution in [3.63, 3.8) is 0 Å². The molecular formula is C18H20N2O2. The van der Waals surface area contributed by atoms with Crippen LogP contribution in [0.4, 0.5) is 0 Å². The molecule has 4 nitrogen and oxygen atoms in total. The third-order valence-electron chi connectivity index (χ3n) is 4.95. The zero-order chi connectivity index (χ0) is 16.1. The van der Waals surface area contributed by atoms with Gasteiger partial charge in [-0.3, -0.25) is 9.59 Å². The van der Waals surface area contributed by atoms with Crippen LogP contribution in [0.5, 0.6) is 0 Å². The summed E-state index contributed by atoms with van der Waals surface area (Å²) in [4.78, 5) is 30.1. The van der Waals surface area contributed by atoms with Crippen molar-refractivity contribution in [1.82, 2.24) is 9.55 Å². The van der Waals surface area contributed by atoms with E-state index in [0.717, 1.165) is 18.7 Å². The Morgan fingerprint density at radius 1 is 1.05 bits per heavy atom. The molecule has 0 saturated heterocycles. The van der Waals surface area contributed by atoms with Crippen LogP contribution in [0.1, 0.15) is 71.5 Å². The second-order valence-corrected chi connectivity index (χ2v) is 6.10. The summed E-state index contributed by atoms with van der Waals surface area (Å²) in [5.41, 5.74) is 1.48. The summed E-state index contributed by atoms with van der Waals surface area (Å²) in [6, 6.07) is 6.99. The minimum Gasteiger partial charge on any atom is -0.319 e. The van der Waals surface area contributed by atoms with E-state index in [9.17, 15) is 9.59 Å². The third kappa shape index (κ3) is 1.79. The molecule has 0 unspecified atom stereocenters. The van der Waals surface area contributed by atoms with Gasteiger partial charge in [-0.1, -0.05) is 38.1 Å². The maximum Gasteiger partial charge on any atom is 0.214 e. The SMILES string of the molecule is CCC(C)(CC)n1c(C)nc2c1C(=O)c1ccccc1C2=O. The van der Waals surface area contributed by atoms with Crippen molar-refractivity contribution in [2.75, 3.05) is 0 Å². The first-order valence-corrected chi connectivity index (χ1v) is 7.72. The molecule has 1 aromatic carbocycles. The van der Waals surface area contributed by atoms with Crippen molar-refractivity contribution < 1.29 is 9.59 Å². The highest BCUT2D eigenvalue weighted by Crippen LogP contribution is 2.34. The first kappa shape index (κ1) is 14.7. The normalized spacial score (nSPS) is 14.0. The number of ketones is 2. The summed E-state index contributed by atoms with van der Waals surface area (Å²) in [6.45, 7) is 8.17. The largest absolute Gasteiger partial charge is 0.319 e. The number of benzene rings is 1. The van der Waals surface area contributed by atoms with Gasteiger partial charge < -0.3 is 4.57 Å². The molecule has 0 amide bonds. The number of hydrogen-bond donors (Lipinski definition) is 0. The van der Waals surface area contributed by atoms with Crippen LogP contribution in [0.15, 0.2) is 24.3 Å². The summed E-state index contributed by atoms with van der Waals surface area (Å²) in [5, 5.41) is 0. The Kier molecular flexibility index (Phi) is 3.28. The van der Waals surface area contributed by atoms with Crippen molar-refractivity contribution in [1.29, 1.82) is 0 Å². The van der Waals surface area contributed by atoms with Gasteiger partial charge in [-0.25, -0.2) is 4.98 Å². The van der Waals surface area contributed by atoms with E-state index >= 15 is 0 Å². The molecule has 0 spiro atoms. The van der Waals surface area contributed by atoms with Gasteiger partial charge in [0.15, 0.2) is 0 Å². The molecule has 0 fully saturated rings. The van der Waals surface area contributed by atoms with Crippen LogP contribution in [-0.2, 0) is 5.54 Å². The van der Waals surface area contributed by atoms with Gasteiger partial charge in [-0.2, -0.15) is 0 Å². The van der Waals surface area contributed by atoms with Crippen LogP contribution >= 0.6 is 0 Å². The first-order chi connectivity index (χ1) is 10.4. The highest BCUT2D eigenvalue weighted by atomic mass is 16.1. The van der Waals surface area contributed by atoms with Gasteiger partial charge in [0, 0.05) is 16.7 Å². The fourth-order valence-electron chi connectivity index (χ4n) is 3.26. The third-order valence-corrected chi connectivity index (χ3v) is 4.95. The van der Waals surface area contributed by atoms with E-state index in [0.29, 0.717) is 22.5 Å². The van der Waals surface area contributed by atoms with Crippen molar-refractivity contribution in [3.05, 3.63) is 52.6 Å². The van der Waals surface area contributed by atoms with E-state index in [1.54, 1.807) is 24.3 Å².